The standard InChI is InChI=1S/C14H25NO/c1-4-15-11-6-10(7-11)12-8-13(12)14(16)5-9(2)3/h9-13,15H,4-8H2,1-3H3. The lowest BCUT2D eigenvalue weighted by molar-refractivity contribution is -0.121. The van der Waals surface area contributed by atoms with Crippen molar-refractivity contribution < 1.29 is 4.79 Å². The summed E-state index contributed by atoms with van der Waals surface area (Å²) in [5.74, 6) is 3.11. The van der Waals surface area contributed by atoms with Gasteiger partial charge in [0.2, 0.25) is 0 Å². The minimum atomic E-state index is 0.440. The summed E-state index contributed by atoms with van der Waals surface area (Å²) in [6.45, 7) is 7.52. The number of nitrogens with one attached hydrogen (secondary N) is 1. The van der Waals surface area contributed by atoms with E-state index in [0.29, 0.717) is 17.6 Å². The molecule has 2 aliphatic rings. The molecule has 0 aromatic rings. The van der Waals surface area contributed by atoms with Gasteiger partial charge < -0.3 is 5.32 Å². The lowest BCUT2D eigenvalue weighted by atomic mass is 9.76. The highest BCUT2D eigenvalue weighted by atomic mass is 16.1. The van der Waals surface area contributed by atoms with Crippen LogP contribution < -0.4 is 5.32 Å². The Morgan fingerprint density at radius 2 is 2.00 bits per heavy atom. The lowest BCUT2D eigenvalue weighted by Gasteiger charge is -2.36. The van der Waals surface area contributed by atoms with Crippen LogP contribution in [0.2, 0.25) is 0 Å². The van der Waals surface area contributed by atoms with E-state index in [-0.39, 0.29) is 0 Å². The van der Waals surface area contributed by atoms with Crippen molar-refractivity contribution in [3.8, 4) is 0 Å². The van der Waals surface area contributed by atoms with E-state index in [4.69, 9.17) is 0 Å². The van der Waals surface area contributed by atoms with Gasteiger partial charge in [-0.15, -0.1) is 0 Å². The Hall–Kier alpha value is -0.370. The number of ketones is 1. The van der Waals surface area contributed by atoms with Crippen molar-refractivity contribution in [2.45, 2.75) is 52.5 Å². The summed E-state index contributed by atoms with van der Waals surface area (Å²) in [5.41, 5.74) is 0. The largest absolute Gasteiger partial charge is 0.314 e. The molecule has 0 saturated heterocycles. The molecule has 0 aromatic heterocycles. The molecule has 2 heteroatoms. The molecule has 0 bridgehead atoms. The second-order valence-corrected chi connectivity index (χ2v) is 6.06. The van der Waals surface area contributed by atoms with Crippen molar-refractivity contribution in [1.29, 1.82) is 0 Å². The Morgan fingerprint density at radius 3 is 2.56 bits per heavy atom. The molecule has 16 heavy (non-hydrogen) atoms. The second-order valence-electron chi connectivity index (χ2n) is 6.06. The summed E-state index contributed by atoms with van der Waals surface area (Å²) in [4.78, 5) is 11.9. The topological polar surface area (TPSA) is 29.1 Å². The predicted molar refractivity (Wildman–Crippen MR) is 66.2 cm³/mol. The van der Waals surface area contributed by atoms with Gasteiger partial charge >= 0.3 is 0 Å². The smallest absolute Gasteiger partial charge is 0.136 e. The second kappa shape index (κ2) is 4.87. The molecule has 0 aromatic carbocycles. The van der Waals surface area contributed by atoms with E-state index in [1.807, 2.05) is 0 Å². The molecule has 0 aliphatic heterocycles. The summed E-state index contributed by atoms with van der Waals surface area (Å²) in [6.07, 6.45) is 4.60. The van der Waals surface area contributed by atoms with Crippen molar-refractivity contribution in [2.75, 3.05) is 6.54 Å². The van der Waals surface area contributed by atoms with Crippen LogP contribution in [-0.4, -0.2) is 18.4 Å². The third kappa shape index (κ3) is 2.65. The quantitative estimate of drug-likeness (QED) is 0.750. The third-order valence-electron chi connectivity index (χ3n) is 4.14. The fourth-order valence-electron chi connectivity index (χ4n) is 3.13. The Balaban J connectivity index is 1.67. The summed E-state index contributed by atoms with van der Waals surface area (Å²) < 4.78 is 0. The monoisotopic (exact) mass is 223 g/mol. The fourth-order valence-corrected chi connectivity index (χ4v) is 3.13. The predicted octanol–water partition coefficient (Wildman–Crippen LogP) is 2.63. The molecule has 0 radical (unpaired) electrons. The Bertz CT molecular complexity index is 255. The van der Waals surface area contributed by atoms with Crippen LogP contribution in [0, 0.1) is 23.7 Å². The highest BCUT2D eigenvalue weighted by molar-refractivity contribution is 5.83. The molecule has 2 rings (SSSR count). The van der Waals surface area contributed by atoms with Crippen molar-refractivity contribution in [3.05, 3.63) is 0 Å². The van der Waals surface area contributed by atoms with E-state index in [1.165, 1.54) is 19.3 Å². The first-order valence-electron chi connectivity index (χ1n) is 6.87. The van der Waals surface area contributed by atoms with Crippen LogP contribution in [0.3, 0.4) is 0 Å². The average molecular weight is 223 g/mol. The molecule has 2 aliphatic carbocycles. The maximum absolute atomic E-state index is 11.9. The van der Waals surface area contributed by atoms with Crippen LogP contribution in [0.1, 0.15) is 46.5 Å². The summed E-state index contributed by atoms with van der Waals surface area (Å²) in [6, 6.07) is 0.747. The zero-order chi connectivity index (χ0) is 11.7. The maximum atomic E-state index is 11.9. The highest BCUT2D eigenvalue weighted by Gasteiger charge is 2.50. The van der Waals surface area contributed by atoms with Gasteiger partial charge in [-0.25, -0.2) is 0 Å². The highest BCUT2D eigenvalue weighted by Crippen LogP contribution is 2.52. The van der Waals surface area contributed by atoms with Crippen LogP contribution in [0.25, 0.3) is 0 Å². The maximum Gasteiger partial charge on any atom is 0.136 e. The van der Waals surface area contributed by atoms with E-state index in [0.717, 1.165) is 30.8 Å². The molecule has 2 unspecified atom stereocenters. The Morgan fingerprint density at radius 1 is 1.31 bits per heavy atom. The summed E-state index contributed by atoms with van der Waals surface area (Å²) in [7, 11) is 0. The molecular weight excluding hydrogens is 198 g/mol. The Kier molecular flexibility index (Phi) is 3.68. The lowest BCUT2D eigenvalue weighted by Crippen LogP contribution is -2.42. The zero-order valence-corrected chi connectivity index (χ0v) is 10.8. The van der Waals surface area contributed by atoms with Gasteiger partial charge in [0.1, 0.15) is 5.78 Å². The first-order chi connectivity index (χ1) is 7.61. The number of carbonyl (C=O) groups excluding carboxylic acids is 1. The Labute approximate surface area is 99.2 Å². The third-order valence-corrected chi connectivity index (χ3v) is 4.14. The SMILES string of the molecule is CCNC1CC(C2CC2C(=O)CC(C)C)C1. The minimum absolute atomic E-state index is 0.440. The van der Waals surface area contributed by atoms with Crippen molar-refractivity contribution in [2.24, 2.45) is 23.7 Å². The number of hydrogen-bond acceptors (Lipinski definition) is 2. The molecule has 2 fully saturated rings. The van der Waals surface area contributed by atoms with Gasteiger partial charge in [-0.05, 0) is 43.6 Å². The van der Waals surface area contributed by atoms with Crippen molar-refractivity contribution in [1.82, 2.24) is 5.32 Å². The van der Waals surface area contributed by atoms with Crippen LogP contribution in [0.5, 0.6) is 0 Å². The van der Waals surface area contributed by atoms with Gasteiger partial charge in [-0.3, -0.25) is 4.79 Å². The normalized spacial score (nSPS) is 37.2. The van der Waals surface area contributed by atoms with Crippen molar-refractivity contribution in [3.63, 3.8) is 0 Å². The number of rotatable bonds is 6. The minimum Gasteiger partial charge on any atom is -0.314 e. The number of hydrogen-bond donors (Lipinski definition) is 1. The first-order valence-corrected chi connectivity index (χ1v) is 6.87. The van der Waals surface area contributed by atoms with Gasteiger partial charge in [0, 0.05) is 18.4 Å². The van der Waals surface area contributed by atoms with Gasteiger partial charge in [0.05, 0.1) is 0 Å². The zero-order valence-electron chi connectivity index (χ0n) is 10.8. The number of carbonyl (C=O) groups is 1. The molecule has 2 atom stereocenters. The number of Topliss-reactive ketones (excluding diaryl/α,β-unsaturated/α-hetero) is 1. The average Bonchev–Trinajstić information content (AvgIpc) is 2.88. The first kappa shape index (κ1) is 12.1. The summed E-state index contributed by atoms with van der Waals surface area (Å²) >= 11 is 0. The molecule has 2 saturated carbocycles. The van der Waals surface area contributed by atoms with Crippen LogP contribution in [-0.2, 0) is 4.79 Å². The van der Waals surface area contributed by atoms with E-state index >= 15 is 0 Å². The van der Waals surface area contributed by atoms with E-state index in [1.54, 1.807) is 0 Å². The van der Waals surface area contributed by atoms with Crippen LogP contribution in [0.15, 0.2) is 0 Å². The molecule has 2 nitrogen and oxygen atoms in total. The summed E-state index contributed by atoms with van der Waals surface area (Å²) in [5, 5.41) is 3.49. The van der Waals surface area contributed by atoms with Crippen LogP contribution >= 0.6 is 0 Å². The van der Waals surface area contributed by atoms with E-state index in [2.05, 4.69) is 26.1 Å². The van der Waals surface area contributed by atoms with Crippen LogP contribution in [0.4, 0.5) is 0 Å². The van der Waals surface area contributed by atoms with Crippen molar-refractivity contribution >= 4 is 5.78 Å². The van der Waals surface area contributed by atoms with E-state index in [9.17, 15) is 4.79 Å². The fraction of sp³-hybridized carbons (Fsp3) is 0.929. The van der Waals surface area contributed by atoms with Gasteiger partial charge in [0.15, 0.2) is 0 Å². The molecule has 92 valence electrons. The molecule has 0 amide bonds. The molecule has 1 N–H and O–H groups in total. The van der Waals surface area contributed by atoms with Gasteiger partial charge in [-0.1, -0.05) is 20.8 Å². The van der Waals surface area contributed by atoms with Gasteiger partial charge in [0.25, 0.3) is 0 Å². The molecular formula is C14H25NO. The molecule has 0 heterocycles. The van der Waals surface area contributed by atoms with E-state index < -0.39 is 0 Å². The van der Waals surface area contributed by atoms with Gasteiger partial charge in [-0.2, -0.15) is 0 Å². The molecule has 0 spiro atoms.